The molecule has 0 bridgehead atoms. The summed E-state index contributed by atoms with van der Waals surface area (Å²) in [7, 11) is 0. The van der Waals surface area contributed by atoms with Gasteiger partial charge in [0.25, 0.3) is 5.91 Å². The minimum Gasteiger partial charge on any atom is -0.406 e. The third-order valence-corrected chi connectivity index (χ3v) is 4.76. The van der Waals surface area contributed by atoms with Gasteiger partial charge in [-0.1, -0.05) is 17.7 Å². The van der Waals surface area contributed by atoms with E-state index >= 15 is 0 Å². The summed E-state index contributed by atoms with van der Waals surface area (Å²) >= 11 is 5.99. The van der Waals surface area contributed by atoms with Gasteiger partial charge in [0.2, 0.25) is 0 Å². The zero-order chi connectivity index (χ0) is 21.5. The van der Waals surface area contributed by atoms with E-state index in [1.807, 2.05) is 0 Å². The van der Waals surface area contributed by atoms with Crippen molar-refractivity contribution in [3.63, 3.8) is 0 Å². The predicted molar refractivity (Wildman–Crippen MR) is 103 cm³/mol. The second-order valence-electron chi connectivity index (χ2n) is 6.54. The number of halogens is 4. The number of alkyl halides is 3. The van der Waals surface area contributed by atoms with Gasteiger partial charge in [0.15, 0.2) is 0 Å². The number of imide groups is 1. The minimum absolute atomic E-state index is 0.156. The van der Waals surface area contributed by atoms with Crippen molar-refractivity contribution in [2.75, 3.05) is 11.4 Å². The van der Waals surface area contributed by atoms with Gasteiger partial charge in [-0.3, -0.25) is 9.78 Å². The number of anilines is 1. The zero-order valence-electron chi connectivity index (χ0n) is 15.2. The first-order chi connectivity index (χ1) is 14.2. The Kier molecular flexibility index (Phi) is 4.98. The van der Waals surface area contributed by atoms with Gasteiger partial charge in [0.1, 0.15) is 12.3 Å². The molecule has 1 fully saturated rings. The molecule has 1 aromatic heterocycles. The highest BCUT2D eigenvalue weighted by Crippen LogP contribution is 2.29. The van der Waals surface area contributed by atoms with Crippen LogP contribution in [0.3, 0.4) is 0 Å². The maximum Gasteiger partial charge on any atom is 0.573 e. The highest BCUT2D eigenvalue weighted by Gasteiger charge is 2.37. The van der Waals surface area contributed by atoms with Crippen molar-refractivity contribution in [1.29, 1.82) is 0 Å². The third-order valence-electron chi connectivity index (χ3n) is 4.52. The van der Waals surface area contributed by atoms with Gasteiger partial charge < -0.3 is 9.64 Å². The number of hydrogen-bond acceptors (Lipinski definition) is 4. The van der Waals surface area contributed by atoms with Crippen molar-refractivity contribution in [3.8, 4) is 5.75 Å². The van der Waals surface area contributed by atoms with E-state index in [9.17, 15) is 22.8 Å². The van der Waals surface area contributed by atoms with Crippen molar-refractivity contribution < 1.29 is 27.5 Å². The first-order valence-corrected chi connectivity index (χ1v) is 9.10. The summed E-state index contributed by atoms with van der Waals surface area (Å²) in [5.41, 5.74) is 1.61. The number of carbonyl (C=O) groups is 2. The lowest BCUT2D eigenvalue weighted by molar-refractivity contribution is -0.274. The summed E-state index contributed by atoms with van der Waals surface area (Å²) < 4.78 is 40.7. The van der Waals surface area contributed by atoms with Gasteiger partial charge in [0, 0.05) is 23.2 Å². The number of pyridine rings is 1. The number of nitrogens with zero attached hydrogens (tertiary/aromatic N) is 3. The van der Waals surface area contributed by atoms with Crippen LogP contribution in [0.2, 0.25) is 5.02 Å². The summed E-state index contributed by atoms with van der Waals surface area (Å²) in [5.74, 6) is -0.921. The molecule has 0 aliphatic carbocycles. The molecule has 1 aliphatic rings. The molecular formula is C20H13ClF3N3O3. The molecule has 1 aliphatic heterocycles. The minimum atomic E-state index is -4.82. The molecule has 3 aromatic rings. The van der Waals surface area contributed by atoms with E-state index in [2.05, 4.69) is 9.72 Å². The SMILES string of the molecule is O=C1CN(Cc2ccnc3cc(Cl)ccc23)C(=O)N1c1ccc(OC(F)(F)F)cc1. The van der Waals surface area contributed by atoms with E-state index in [0.29, 0.717) is 10.5 Å². The number of carbonyl (C=O) groups excluding carboxylic acids is 2. The number of aromatic nitrogens is 1. The fraction of sp³-hybridized carbons (Fsp3) is 0.150. The van der Waals surface area contributed by atoms with E-state index in [0.717, 1.165) is 28.0 Å². The summed E-state index contributed by atoms with van der Waals surface area (Å²) in [5, 5.41) is 1.33. The Morgan fingerprint density at radius 1 is 1.07 bits per heavy atom. The number of fused-ring (bicyclic) bond motifs is 1. The van der Waals surface area contributed by atoms with Crippen molar-refractivity contribution in [2.24, 2.45) is 0 Å². The van der Waals surface area contributed by atoms with Crippen LogP contribution in [-0.4, -0.2) is 34.7 Å². The Bertz CT molecular complexity index is 1140. The van der Waals surface area contributed by atoms with Crippen LogP contribution >= 0.6 is 11.6 Å². The van der Waals surface area contributed by atoms with Gasteiger partial charge in [0.05, 0.1) is 11.2 Å². The number of urea groups is 1. The molecule has 154 valence electrons. The van der Waals surface area contributed by atoms with Crippen LogP contribution in [-0.2, 0) is 11.3 Å². The van der Waals surface area contributed by atoms with Crippen LogP contribution in [0.4, 0.5) is 23.7 Å². The molecule has 4 rings (SSSR count). The molecule has 0 N–H and O–H groups in total. The molecule has 0 unspecified atom stereocenters. The smallest absolute Gasteiger partial charge is 0.406 e. The summed E-state index contributed by atoms with van der Waals surface area (Å²) in [6.07, 6.45) is -3.23. The van der Waals surface area contributed by atoms with E-state index in [1.54, 1.807) is 30.5 Å². The Morgan fingerprint density at radius 3 is 2.50 bits per heavy atom. The molecule has 3 amide bonds. The predicted octanol–water partition coefficient (Wildman–Crippen LogP) is 4.76. The zero-order valence-corrected chi connectivity index (χ0v) is 15.9. The van der Waals surface area contributed by atoms with E-state index in [4.69, 9.17) is 11.6 Å². The average Bonchev–Trinajstić information content (AvgIpc) is 2.94. The highest BCUT2D eigenvalue weighted by molar-refractivity contribution is 6.31. The van der Waals surface area contributed by atoms with Gasteiger partial charge in [-0.05, 0) is 48.0 Å². The highest BCUT2D eigenvalue weighted by atomic mass is 35.5. The molecule has 2 aromatic carbocycles. The molecule has 0 spiro atoms. The molecule has 6 nitrogen and oxygen atoms in total. The van der Waals surface area contributed by atoms with Gasteiger partial charge in [-0.25, -0.2) is 9.69 Å². The largest absolute Gasteiger partial charge is 0.573 e. The van der Waals surface area contributed by atoms with Crippen molar-refractivity contribution in [3.05, 3.63) is 65.3 Å². The number of ether oxygens (including phenoxy) is 1. The fourth-order valence-corrected chi connectivity index (χ4v) is 3.41. The number of rotatable bonds is 4. The van der Waals surface area contributed by atoms with Crippen LogP contribution in [0.25, 0.3) is 10.9 Å². The Hall–Kier alpha value is -3.33. The monoisotopic (exact) mass is 435 g/mol. The Balaban J connectivity index is 1.55. The number of amides is 3. The van der Waals surface area contributed by atoms with Crippen LogP contribution in [0.1, 0.15) is 5.56 Å². The lowest BCUT2D eigenvalue weighted by Gasteiger charge is -2.18. The second-order valence-corrected chi connectivity index (χ2v) is 6.98. The van der Waals surface area contributed by atoms with E-state index < -0.39 is 24.1 Å². The second kappa shape index (κ2) is 7.49. The first-order valence-electron chi connectivity index (χ1n) is 8.72. The van der Waals surface area contributed by atoms with Crippen LogP contribution in [0.5, 0.6) is 5.75 Å². The van der Waals surface area contributed by atoms with Crippen LogP contribution < -0.4 is 9.64 Å². The molecule has 2 heterocycles. The molecular weight excluding hydrogens is 423 g/mol. The summed E-state index contributed by atoms with van der Waals surface area (Å²) in [6.45, 7) is 0.00797. The number of benzene rings is 2. The quantitative estimate of drug-likeness (QED) is 0.554. The van der Waals surface area contributed by atoms with Crippen LogP contribution in [0, 0.1) is 0 Å². The first kappa shape index (κ1) is 20.0. The fourth-order valence-electron chi connectivity index (χ4n) is 3.25. The Morgan fingerprint density at radius 2 is 1.80 bits per heavy atom. The average molecular weight is 436 g/mol. The van der Waals surface area contributed by atoms with Crippen LogP contribution in [0.15, 0.2) is 54.7 Å². The van der Waals surface area contributed by atoms with Gasteiger partial charge >= 0.3 is 12.4 Å². The standard InChI is InChI=1S/C20H13ClF3N3O3/c21-13-1-6-16-12(7-8-25-17(16)9-13)10-26-11-18(28)27(19(26)29)14-2-4-15(5-3-14)30-20(22,23)24/h1-9H,10-11H2. The molecule has 0 radical (unpaired) electrons. The van der Waals surface area contributed by atoms with Crippen molar-refractivity contribution in [1.82, 2.24) is 9.88 Å². The van der Waals surface area contributed by atoms with E-state index in [-0.39, 0.29) is 18.8 Å². The maximum atomic E-state index is 12.8. The Labute approximate surface area is 173 Å². The van der Waals surface area contributed by atoms with Crippen molar-refractivity contribution in [2.45, 2.75) is 12.9 Å². The normalized spacial score (nSPS) is 14.7. The maximum absolute atomic E-state index is 12.8. The number of hydrogen-bond donors (Lipinski definition) is 0. The lowest BCUT2D eigenvalue weighted by Crippen LogP contribution is -2.32. The van der Waals surface area contributed by atoms with Gasteiger partial charge in [-0.15, -0.1) is 13.2 Å². The topological polar surface area (TPSA) is 62.7 Å². The van der Waals surface area contributed by atoms with E-state index in [1.165, 1.54) is 17.0 Å². The third kappa shape index (κ3) is 4.02. The molecule has 0 atom stereocenters. The molecule has 0 saturated carbocycles. The lowest BCUT2D eigenvalue weighted by atomic mass is 10.1. The molecule has 1 saturated heterocycles. The molecule has 10 heteroatoms. The molecule has 30 heavy (non-hydrogen) atoms. The summed E-state index contributed by atoms with van der Waals surface area (Å²) in [4.78, 5) is 31.8. The van der Waals surface area contributed by atoms with Crippen molar-refractivity contribution >= 4 is 40.1 Å². The van der Waals surface area contributed by atoms with Gasteiger partial charge in [-0.2, -0.15) is 0 Å². The summed E-state index contributed by atoms with van der Waals surface area (Å²) in [6, 6.07) is 10.9.